The number of ether oxygens (including phenoxy) is 1. The molecule has 4 rings (SSSR count). The van der Waals surface area contributed by atoms with Crippen LogP contribution in [0.15, 0.2) is 48.5 Å². The lowest BCUT2D eigenvalue weighted by atomic mass is 10.1. The zero-order valence-electron chi connectivity index (χ0n) is 15.2. The Bertz CT molecular complexity index is 1160. The molecule has 2 aromatic carbocycles. The summed E-state index contributed by atoms with van der Waals surface area (Å²) in [6.45, 7) is 3.96. The Balaban J connectivity index is 2.02. The summed E-state index contributed by atoms with van der Waals surface area (Å²) < 4.78 is 7.10. The highest BCUT2D eigenvalue weighted by Crippen LogP contribution is 2.37. The molecule has 0 amide bonds. The number of hydrogen-bond donors (Lipinski definition) is 1. The summed E-state index contributed by atoms with van der Waals surface area (Å²) in [5.41, 5.74) is 4.25. The minimum atomic E-state index is -0.995. The van der Waals surface area contributed by atoms with Gasteiger partial charge in [0.1, 0.15) is 11.4 Å². The van der Waals surface area contributed by atoms with Crippen molar-refractivity contribution in [2.24, 2.45) is 0 Å². The largest absolute Gasteiger partial charge is 0.496 e. The van der Waals surface area contributed by atoms with Crippen molar-refractivity contribution < 1.29 is 14.6 Å². The van der Waals surface area contributed by atoms with Gasteiger partial charge < -0.3 is 9.84 Å². The summed E-state index contributed by atoms with van der Waals surface area (Å²) in [5, 5.41) is 9.96. The first-order valence-electron chi connectivity index (χ1n) is 8.47. The van der Waals surface area contributed by atoms with Crippen molar-refractivity contribution in [2.45, 2.75) is 13.8 Å². The van der Waals surface area contributed by atoms with Gasteiger partial charge in [-0.15, -0.1) is 11.3 Å². The van der Waals surface area contributed by atoms with Gasteiger partial charge in [0, 0.05) is 16.0 Å². The number of methoxy groups -OCH3 is 1. The lowest BCUT2D eigenvalue weighted by Gasteiger charge is -2.09. The third-order valence-electron chi connectivity index (χ3n) is 4.57. The molecule has 1 N–H and O–H groups in total. The van der Waals surface area contributed by atoms with E-state index in [2.05, 4.69) is 4.98 Å². The number of aromatic nitrogens is 2. The van der Waals surface area contributed by atoms with Crippen LogP contribution in [0.2, 0.25) is 0 Å². The second-order valence-corrected chi connectivity index (χ2v) is 7.47. The number of fused-ring (bicyclic) bond motifs is 1. The fourth-order valence-electron chi connectivity index (χ4n) is 3.37. The van der Waals surface area contributed by atoms with Gasteiger partial charge in [-0.1, -0.05) is 30.3 Å². The standard InChI is InChI=1S/C21H18N2O3S/c1-12-11-15(9-10-16(12)26-3)18-13(2)27-21-22-17(14-7-5-4-6-8-14)19(20(24)25)23(18)21/h4-11H,1-3H3,(H,24,25). The van der Waals surface area contributed by atoms with Crippen LogP contribution in [-0.4, -0.2) is 27.6 Å². The molecule has 0 radical (unpaired) electrons. The van der Waals surface area contributed by atoms with E-state index in [1.165, 1.54) is 11.3 Å². The summed E-state index contributed by atoms with van der Waals surface area (Å²) in [5.74, 6) is -0.192. The van der Waals surface area contributed by atoms with Crippen molar-refractivity contribution in [3.8, 4) is 28.3 Å². The van der Waals surface area contributed by atoms with E-state index in [9.17, 15) is 9.90 Å². The fourth-order valence-corrected chi connectivity index (χ4v) is 4.36. The monoisotopic (exact) mass is 378 g/mol. The Kier molecular flexibility index (Phi) is 4.20. The molecule has 2 aromatic heterocycles. The average molecular weight is 378 g/mol. The molecule has 0 atom stereocenters. The quantitative estimate of drug-likeness (QED) is 0.539. The van der Waals surface area contributed by atoms with Crippen molar-refractivity contribution in [1.29, 1.82) is 0 Å². The van der Waals surface area contributed by atoms with E-state index in [4.69, 9.17) is 4.74 Å². The molecule has 27 heavy (non-hydrogen) atoms. The molecule has 0 aliphatic rings. The van der Waals surface area contributed by atoms with E-state index >= 15 is 0 Å². The Hall–Kier alpha value is -3.12. The molecule has 0 saturated carbocycles. The maximum absolute atomic E-state index is 12.2. The number of rotatable bonds is 4. The van der Waals surface area contributed by atoms with Crippen molar-refractivity contribution in [3.05, 3.63) is 64.7 Å². The first kappa shape index (κ1) is 17.3. The van der Waals surface area contributed by atoms with Crippen molar-refractivity contribution in [2.75, 3.05) is 7.11 Å². The molecule has 5 nitrogen and oxygen atoms in total. The number of aryl methyl sites for hydroxylation is 2. The minimum absolute atomic E-state index is 0.184. The van der Waals surface area contributed by atoms with Crippen LogP contribution >= 0.6 is 11.3 Å². The van der Waals surface area contributed by atoms with Gasteiger partial charge in [-0.3, -0.25) is 4.40 Å². The molecule has 0 saturated heterocycles. The highest BCUT2D eigenvalue weighted by molar-refractivity contribution is 7.17. The van der Waals surface area contributed by atoms with Gasteiger partial charge in [-0.2, -0.15) is 0 Å². The number of benzene rings is 2. The van der Waals surface area contributed by atoms with Gasteiger partial charge in [0.05, 0.1) is 12.8 Å². The van der Waals surface area contributed by atoms with Gasteiger partial charge >= 0.3 is 5.97 Å². The van der Waals surface area contributed by atoms with E-state index in [0.29, 0.717) is 10.7 Å². The van der Waals surface area contributed by atoms with Gasteiger partial charge in [0.25, 0.3) is 0 Å². The number of hydrogen-bond acceptors (Lipinski definition) is 4. The Morgan fingerprint density at radius 2 is 1.85 bits per heavy atom. The van der Waals surface area contributed by atoms with Crippen LogP contribution in [0.5, 0.6) is 5.75 Å². The second-order valence-electron chi connectivity index (χ2n) is 6.29. The van der Waals surface area contributed by atoms with Crippen LogP contribution in [0, 0.1) is 13.8 Å². The smallest absolute Gasteiger partial charge is 0.355 e. The predicted molar refractivity (Wildman–Crippen MR) is 107 cm³/mol. The Morgan fingerprint density at radius 3 is 2.48 bits per heavy atom. The summed E-state index contributed by atoms with van der Waals surface area (Å²) in [4.78, 5) is 18.5. The molecular formula is C21H18N2O3S. The normalized spacial score (nSPS) is 11.1. The third kappa shape index (κ3) is 2.78. The van der Waals surface area contributed by atoms with Crippen LogP contribution in [0.3, 0.4) is 0 Å². The lowest BCUT2D eigenvalue weighted by Crippen LogP contribution is -2.05. The number of thiazole rings is 1. The molecule has 2 heterocycles. The van der Waals surface area contributed by atoms with E-state index in [1.807, 2.05) is 62.4 Å². The SMILES string of the molecule is COc1ccc(-c2c(C)sc3nc(-c4ccccc4)c(C(=O)O)n23)cc1C. The number of nitrogens with zero attached hydrogens (tertiary/aromatic N) is 2. The first-order chi connectivity index (χ1) is 13.0. The van der Waals surface area contributed by atoms with Gasteiger partial charge in [0.2, 0.25) is 0 Å². The maximum atomic E-state index is 12.2. The van der Waals surface area contributed by atoms with E-state index < -0.39 is 5.97 Å². The number of carboxylic acids is 1. The molecule has 136 valence electrons. The summed E-state index contributed by atoms with van der Waals surface area (Å²) in [6, 6.07) is 15.3. The van der Waals surface area contributed by atoms with Crippen molar-refractivity contribution >= 4 is 22.3 Å². The minimum Gasteiger partial charge on any atom is -0.496 e. The summed E-state index contributed by atoms with van der Waals surface area (Å²) >= 11 is 1.49. The number of carbonyl (C=O) groups is 1. The highest BCUT2D eigenvalue weighted by atomic mass is 32.1. The molecular weight excluding hydrogens is 360 g/mol. The molecule has 0 fully saturated rings. The predicted octanol–water partition coefficient (Wildman–Crippen LogP) is 5.05. The van der Waals surface area contributed by atoms with Crippen LogP contribution in [0.25, 0.3) is 27.5 Å². The Morgan fingerprint density at radius 1 is 1.11 bits per heavy atom. The van der Waals surface area contributed by atoms with Crippen LogP contribution < -0.4 is 4.74 Å². The van der Waals surface area contributed by atoms with E-state index in [-0.39, 0.29) is 5.69 Å². The molecule has 0 aliphatic carbocycles. The van der Waals surface area contributed by atoms with Gasteiger partial charge in [0.15, 0.2) is 10.7 Å². The van der Waals surface area contributed by atoms with Gasteiger partial charge in [-0.05, 0) is 37.6 Å². The molecule has 4 aromatic rings. The number of imidazole rings is 1. The molecule has 0 aliphatic heterocycles. The average Bonchev–Trinajstić information content (AvgIpc) is 3.16. The number of aromatic carboxylic acids is 1. The van der Waals surface area contributed by atoms with Crippen LogP contribution in [0.1, 0.15) is 20.9 Å². The first-order valence-corrected chi connectivity index (χ1v) is 9.28. The second kappa shape index (κ2) is 6.55. The third-order valence-corrected chi connectivity index (χ3v) is 5.52. The van der Waals surface area contributed by atoms with Crippen LogP contribution in [-0.2, 0) is 0 Å². The zero-order chi connectivity index (χ0) is 19.1. The van der Waals surface area contributed by atoms with E-state index in [1.54, 1.807) is 11.5 Å². The summed E-state index contributed by atoms with van der Waals surface area (Å²) in [7, 11) is 1.64. The Labute approximate surface area is 160 Å². The summed E-state index contributed by atoms with van der Waals surface area (Å²) in [6.07, 6.45) is 0. The molecule has 0 bridgehead atoms. The lowest BCUT2D eigenvalue weighted by molar-refractivity contribution is 0.0690. The fraction of sp³-hybridized carbons (Fsp3) is 0.143. The maximum Gasteiger partial charge on any atom is 0.355 e. The van der Waals surface area contributed by atoms with Crippen molar-refractivity contribution in [3.63, 3.8) is 0 Å². The molecule has 0 unspecified atom stereocenters. The molecule has 0 spiro atoms. The topological polar surface area (TPSA) is 63.8 Å². The zero-order valence-corrected chi connectivity index (χ0v) is 16.0. The van der Waals surface area contributed by atoms with Crippen LogP contribution in [0.4, 0.5) is 0 Å². The van der Waals surface area contributed by atoms with E-state index in [0.717, 1.165) is 33.0 Å². The number of carboxylic acid groups (broad SMARTS) is 1. The highest BCUT2D eigenvalue weighted by Gasteiger charge is 2.25. The molecule has 6 heteroatoms. The van der Waals surface area contributed by atoms with Crippen molar-refractivity contribution in [1.82, 2.24) is 9.38 Å². The van der Waals surface area contributed by atoms with Gasteiger partial charge in [-0.25, -0.2) is 9.78 Å².